The summed E-state index contributed by atoms with van der Waals surface area (Å²) < 4.78 is 5.39. The molecule has 0 saturated heterocycles. The van der Waals surface area contributed by atoms with Crippen LogP contribution in [0.5, 0.6) is 0 Å². The van der Waals surface area contributed by atoms with Crippen molar-refractivity contribution in [2.24, 2.45) is 4.99 Å². The summed E-state index contributed by atoms with van der Waals surface area (Å²) in [6.45, 7) is 2.02. The van der Waals surface area contributed by atoms with Gasteiger partial charge in [0.15, 0.2) is 11.4 Å². The molecule has 1 aromatic heterocycles. The molecule has 0 amide bonds. The molecular formula is C15H16N4OS. The molecular weight excluding hydrogens is 284 g/mol. The van der Waals surface area contributed by atoms with Gasteiger partial charge in [0.05, 0.1) is 23.7 Å². The number of hydrogen-bond acceptors (Lipinski definition) is 5. The number of furan rings is 1. The Hall–Kier alpha value is -2.39. The first kappa shape index (κ1) is 15.0. The van der Waals surface area contributed by atoms with Gasteiger partial charge in [0.2, 0.25) is 0 Å². The number of aliphatic imine (C=N–C) groups is 1. The topological polar surface area (TPSA) is 73.3 Å². The number of nitriles is 1. The van der Waals surface area contributed by atoms with Crippen molar-refractivity contribution in [3.8, 4) is 6.19 Å². The summed E-state index contributed by atoms with van der Waals surface area (Å²) in [6.07, 6.45) is 5.40. The lowest BCUT2D eigenvalue weighted by atomic mass is 10.2. The highest BCUT2D eigenvalue weighted by molar-refractivity contribution is 8.13. The fourth-order valence-electron chi connectivity index (χ4n) is 1.82. The first-order valence-electron chi connectivity index (χ1n) is 6.41. The maximum absolute atomic E-state index is 8.70. The van der Waals surface area contributed by atoms with Gasteiger partial charge < -0.3 is 9.73 Å². The van der Waals surface area contributed by atoms with E-state index < -0.39 is 0 Å². The van der Waals surface area contributed by atoms with E-state index in [0.717, 1.165) is 17.1 Å². The van der Waals surface area contributed by atoms with E-state index in [0.29, 0.717) is 5.17 Å². The van der Waals surface area contributed by atoms with Crippen molar-refractivity contribution in [3.63, 3.8) is 0 Å². The van der Waals surface area contributed by atoms with E-state index >= 15 is 0 Å². The van der Waals surface area contributed by atoms with Crippen LogP contribution in [0.4, 0.5) is 11.4 Å². The van der Waals surface area contributed by atoms with Crippen molar-refractivity contribution >= 4 is 28.3 Å². The lowest BCUT2D eigenvalue weighted by Gasteiger charge is -2.15. The first-order valence-corrected chi connectivity index (χ1v) is 7.64. The van der Waals surface area contributed by atoms with E-state index in [1.807, 2.05) is 55.8 Å². The van der Waals surface area contributed by atoms with E-state index in [4.69, 9.17) is 9.68 Å². The van der Waals surface area contributed by atoms with Crippen molar-refractivity contribution in [2.75, 3.05) is 11.6 Å². The van der Waals surface area contributed by atoms with Crippen LogP contribution in [0.2, 0.25) is 0 Å². The first-order chi connectivity index (χ1) is 10.2. The second-order valence-corrected chi connectivity index (χ2v) is 5.05. The summed E-state index contributed by atoms with van der Waals surface area (Å²) in [6, 6.07) is 11.5. The Kier molecular flexibility index (Phi) is 5.29. The highest BCUT2D eigenvalue weighted by atomic mass is 32.2. The van der Waals surface area contributed by atoms with E-state index in [1.165, 1.54) is 11.8 Å². The van der Waals surface area contributed by atoms with Crippen molar-refractivity contribution < 1.29 is 4.42 Å². The van der Waals surface area contributed by atoms with Gasteiger partial charge in [-0.25, -0.2) is 4.99 Å². The number of anilines is 1. The number of para-hydroxylation sites is 2. The molecule has 2 N–H and O–H groups in total. The molecule has 1 aromatic carbocycles. The molecule has 0 spiro atoms. The van der Waals surface area contributed by atoms with E-state index in [9.17, 15) is 0 Å². The second-order valence-electron chi connectivity index (χ2n) is 4.26. The molecule has 108 valence electrons. The van der Waals surface area contributed by atoms with Crippen LogP contribution in [0.25, 0.3) is 0 Å². The molecule has 0 aliphatic heterocycles. The zero-order valence-electron chi connectivity index (χ0n) is 11.8. The molecule has 0 saturated carbocycles. The summed E-state index contributed by atoms with van der Waals surface area (Å²) in [5, 5.41) is 15.2. The van der Waals surface area contributed by atoms with Crippen molar-refractivity contribution in [1.82, 2.24) is 5.32 Å². The van der Waals surface area contributed by atoms with Crippen LogP contribution in [-0.2, 0) is 0 Å². The average molecular weight is 300 g/mol. The Labute approximate surface area is 128 Å². The number of nitrogens with zero attached hydrogens (tertiary/aromatic N) is 2. The summed E-state index contributed by atoms with van der Waals surface area (Å²) in [5.74, 6) is 0.856. The van der Waals surface area contributed by atoms with Gasteiger partial charge in [-0.3, -0.25) is 5.32 Å². The Morgan fingerprint density at radius 2 is 2.14 bits per heavy atom. The van der Waals surface area contributed by atoms with Crippen LogP contribution in [0.3, 0.4) is 0 Å². The minimum Gasteiger partial charge on any atom is -0.467 e. The highest BCUT2D eigenvalue weighted by Crippen LogP contribution is 2.29. The quantitative estimate of drug-likeness (QED) is 0.388. The van der Waals surface area contributed by atoms with E-state index in [2.05, 4.69) is 15.6 Å². The maximum Gasteiger partial charge on any atom is 0.183 e. The smallest absolute Gasteiger partial charge is 0.183 e. The molecule has 6 heteroatoms. The van der Waals surface area contributed by atoms with Gasteiger partial charge in [0, 0.05) is 0 Å². The second kappa shape index (κ2) is 7.41. The zero-order chi connectivity index (χ0) is 15.1. The Morgan fingerprint density at radius 1 is 1.33 bits per heavy atom. The number of hydrogen-bond donors (Lipinski definition) is 2. The van der Waals surface area contributed by atoms with Crippen LogP contribution in [0.15, 0.2) is 52.1 Å². The van der Waals surface area contributed by atoms with Crippen LogP contribution in [-0.4, -0.2) is 11.4 Å². The zero-order valence-corrected chi connectivity index (χ0v) is 12.6. The van der Waals surface area contributed by atoms with Gasteiger partial charge in [-0.15, -0.1) is 0 Å². The van der Waals surface area contributed by atoms with Gasteiger partial charge in [0.25, 0.3) is 0 Å². The number of nitrogens with one attached hydrogen (secondary N) is 2. The molecule has 0 aliphatic carbocycles. The third-order valence-electron chi connectivity index (χ3n) is 2.82. The summed E-state index contributed by atoms with van der Waals surface area (Å²) in [5.41, 5.74) is 1.65. The summed E-state index contributed by atoms with van der Waals surface area (Å²) in [4.78, 5) is 4.45. The number of rotatable bonds is 4. The molecule has 1 unspecified atom stereocenters. The SMILES string of the molecule is CSC(=Nc1ccccc1NC(C)c1ccco1)NC#N. The molecule has 21 heavy (non-hydrogen) atoms. The van der Waals surface area contributed by atoms with Crippen molar-refractivity contribution in [3.05, 3.63) is 48.4 Å². The lowest BCUT2D eigenvalue weighted by Crippen LogP contribution is -2.13. The molecule has 0 aliphatic rings. The Morgan fingerprint density at radius 3 is 2.81 bits per heavy atom. The largest absolute Gasteiger partial charge is 0.467 e. The van der Waals surface area contributed by atoms with Crippen molar-refractivity contribution in [1.29, 1.82) is 5.26 Å². The van der Waals surface area contributed by atoms with Crippen LogP contribution >= 0.6 is 11.8 Å². The van der Waals surface area contributed by atoms with E-state index in [1.54, 1.807) is 6.26 Å². The average Bonchev–Trinajstić information content (AvgIpc) is 3.03. The van der Waals surface area contributed by atoms with Gasteiger partial charge in [-0.1, -0.05) is 23.9 Å². The number of thioether (sulfide) groups is 1. The van der Waals surface area contributed by atoms with Gasteiger partial charge >= 0.3 is 0 Å². The standard InChI is InChI=1S/C15H16N4OS/c1-11(14-8-5-9-20-14)18-12-6-3-4-7-13(12)19-15(21-2)17-10-16/h3-9,11,18H,1-2H3,(H,17,19). The van der Waals surface area contributed by atoms with Gasteiger partial charge in [0.1, 0.15) is 5.76 Å². The van der Waals surface area contributed by atoms with Crippen LogP contribution < -0.4 is 10.6 Å². The van der Waals surface area contributed by atoms with Gasteiger partial charge in [-0.2, -0.15) is 5.26 Å². The monoisotopic (exact) mass is 300 g/mol. The predicted octanol–water partition coefficient (Wildman–Crippen LogP) is 3.87. The summed E-state index contributed by atoms with van der Waals surface area (Å²) >= 11 is 1.38. The highest BCUT2D eigenvalue weighted by Gasteiger charge is 2.10. The number of benzene rings is 1. The summed E-state index contributed by atoms with van der Waals surface area (Å²) in [7, 11) is 0. The fourth-order valence-corrected chi connectivity index (χ4v) is 2.15. The van der Waals surface area contributed by atoms with Gasteiger partial charge in [-0.05, 0) is 37.4 Å². The molecule has 5 nitrogen and oxygen atoms in total. The fraction of sp³-hybridized carbons (Fsp3) is 0.200. The third-order valence-corrected chi connectivity index (χ3v) is 3.40. The normalized spacial score (nSPS) is 12.5. The maximum atomic E-state index is 8.70. The van der Waals surface area contributed by atoms with Crippen LogP contribution in [0, 0.1) is 11.5 Å². The third kappa shape index (κ3) is 4.04. The minimum atomic E-state index is 0.0259. The lowest BCUT2D eigenvalue weighted by molar-refractivity contribution is 0.490. The molecule has 1 heterocycles. The minimum absolute atomic E-state index is 0.0259. The van der Waals surface area contributed by atoms with E-state index in [-0.39, 0.29) is 6.04 Å². The molecule has 1 atom stereocenters. The molecule has 2 rings (SSSR count). The Bertz CT molecular complexity index is 646. The number of amidine groups is 1. The molecule has 0 fully saturated rings. The molecule has 2 aromatic rings. The molecule has 0 radical (unpaired) electrons. The Balaban J connectivity index is 2.23. The van der Waals surface area contributed by atoms with Crippen LogP contribution in [0.1, 0.15) is 18.7 Å². The molecule has 0 bridgehead atoms. The van der Waals surface area contributed by atoms with Crippen molar-refractivity contribution in [2.45, 2.75) is 13.0 Å². The predicted molar refractivity (Wildman–Crippen MR) is 86.5 cm³/mol.